The zero-order valence-electron chi connectivity index (χ0n) is 10.7. The third-order valence-corrected chi connectivity index (χ3v) is 5.46. The monoisotopic (exact) mass is 269 g/mol. The van der Waals surface area contributed by atoms with Crippen LogP contribution in [0.5, 0.6) is 0 Å². The second-order valence-electron chi connectivity index (χ2n) is 5.01. The molecule has 1 aliphatic carbocycles. The average molecular weight is 269 g/mol. The topological polar surface area (TPSA) is 69.4 Å². The number of ether oxygens (including phenoxy) is 1. The molecule has 0 radical (unpaired) electrons. The molecule has 0 aromatic heterocycles. The van der Waals surface area contributed by atoms with Crippen molar-refractivity contribution >= 4 is 9.84 Å². The quantitative estimate of drug-likeness (QED) is 0.858. The molecule has 1 aromatic carbocycles. The van der Waals surface area contributed by atoms with Gasteiger partial charge in [-0.3, -0.25) is 0 Å². The molecule has 0 bridgehead atoms. The fourth-order valence-electron chi connectivity index (χ4n) is 3.04. The lowest BCUT2D eigenvalue weighted by Gasteiger charge is -2.14. The molecule has 1 aromatic rings. The molecule has 0 heterocycles. The van der Waals surface area contributed by atoms with Crippen molar-refractivity contribution in [1.82, 2.24) is 0 Å². The molecule has 100 valence electrons. The molecular weight excluding hydrogens is 250 g/mol. The minimum Gasteiger partial charge on any atom is -0.384 e. The minimum atomic E-state index is -3.13. The van der Waals surface area contributed by atoms with Gasteiger partial charge >= 0.3 is 0 Å². The molecule has 1 fully saturated rings. The van der Waals surface area contributed by atoms with Crippen LogP contribution in [0.3, 0.4) is 0 Å². The van der Waals surface area contributed by atoms with Gasteiger partial charge in [0.15, 0.2) is 9.84 Å². The zero-order chi connectivity index (χ0) is 13.4. The van der Waals surface area contributed by atoms with E-state index in [0.717, 1.165) is 5.56 Å². The van der Waals surface area contributed by atoms with E-state index in [2.05, 4.69) is 0 Å². The van der Waals surface area contributed by atoms with Gasteiger partial charge in [0.2, 0.25) is 0 Å². The van der Waals surface area contributed by atoms with E-state index < -0.39 is 20.5 Å². The highest BCUT2D eigenvalue weighted by Gasteiger charge is 2.68. The standard InChI is InChI=1S/C13H19NO3S/c1-17-9-13(8-14)11(12(13)18(2,15)16)10-6-4-3-5-7-10/h3-7,11-12H,8-9,14H2,1-2H3/t11-,12+,13+/m0/s1. The lowest BCUT2D eigenvalue weighted by molar-refractivity contribution is 0.142. The van der Waals surface area contributed by atoms with Crippen LogP contribution in [0.15, 0.2) is 30.3 Å². The van der Waals surface area contributed by atoms with E-state index in [-0.39, 0.29) is 5.92 Å². The van der Waals surface area contributed by atoms with Crippen LogP contribution >= 0.6 is 0 Å². The van der Waals surface area contributed by atoms with Gasteiger partial charge in [0.05, 0.1) is 11.9 Å². The zero-order valence-corrected chi connectivity index (χ0v) is 11.5. The Morgan fingerprint density at radius 3 is 2.39 bits per heavy atom. The average Bonchev–Trinajstić information content (AvgIpc) is 3.00. The summed E-state index contributed by atoms with van der Waals surface area (Å²) >= 11 is 0. The Kier molecular flexibility index (Phi) is 3.49. The molecule has 0 unspecified atom stereocenters. The fourth-order valence-corrected chi connectivity index (χ4v) is 5.04. The summed E-state index contributed by atoms with van der Waals surface area (Å²) in [6.07, 6.45) is 1.28. The highest BCUT2D eigenvalue weighted by molar-refractivity contribution is 7.91. The van der Waals surface area contributed by atoms with Crippen LogP contribution in [0.1, 0.15) is 11.5 Å². The number of rotatable bonds is 5. The van der Waals surface area contributed by atoms with Crippen molar-refractivity contribution in [2.75, 3.05) is 26.5 Å². The normalized spacial score (nSPS) is 31.3. The van der Waals surface area contributed by atoms with Gasteiger partial charge in [0.25, 0.3) is 0 Å². The summed E-state index contributed by atoms with van der Waals surface area (Å²) in [5.41, 5.74) is 6.38. The molecule has 5 heteroatoms. The lowest BCUT2D eigenvalue weighted by atomic mass is 10.0. The molecule has 1 aliphatic rings. The molecule has 0 spiro atoms. The van der Waals surface area contributed by atoms with Crippen molar-refractivity contribution in [2.45, 2.75) is 11.2 Å². The molecule has 2 rings (SSSR count). The summed E-state index contributed by atoms with van der Waals surface area (Å²) in [6, 6.07) is 9.66. The van der Waals surface area contributed by atoms with Crippen molar-refractivity contribution in [3.8, 4) is 0 Å². The number of methoxy groups -OCH3 is 1. The first-order valence-electron chi connectivity index (χ1n) is 5.90. The van der Waals surface area contributed by atoms with Gasteiger partial charge in [-0.1, -0.05) is 30.3 Å². The van der Waals surface area contributed by atoms with E-state index in [1.165, 1.54) is 6.26 Å². The van der Waals surface area contributed by atoms with Crippen molar-refractivity contribution in [1.29, 1.82) is 0 Å². The van der Waals surface area contributed by atoms with Gasteiger partial charge < -0.3 is 10.5 Å². The molecule has 18 heavy (non-hydrogen) atoms. The van der Waals surface area contributed by atoms with E-state index in [0.29, 0.717) is 13.2 Å². The van der Waals surface area contributed by atoms with Crippen molar-refractivity contribution in [2.24, 2.45) is 11.1 Å². The maximum absolute atomic E-state index is 11.9. The number of sulfone groups is 1. The summed E-state index contributed by atoms with van der Waals surface area (Å²) in [6.45, 7) is 0.693. The molecule has 2 N–H and O–H groups in total. The first-order chi connectivity index (χ1) is 8.47. The summed E-state index contributed by atoms with van der Waals surface area (Å²) in [5, 5.41) is -0.433. The Morgan fingerprint density at radius 2 is 1.94 bits per heavy atom. The van der Waals surface area contributed by atoms with Crippen LogP contribution in [0, 0.1) is 5.41 Å². The molecule has 0 aliphatic heterocycles. The van der Waals surface area contributed by atoms with Crippen LogP contribution in [0.4, 0.5) is 0 Å². The highest BCUT2D eigenvalue weighted by atomic mass is 32.2. The van der Waals surface area contributed by atoms with E-state index in [1.54, 1.807) is 7.11 Å². The summed E-state index contributed by atoms with van der Waals surface area (Å²) in [7, 11) is -1.55. The largest absolute Gasteiger partial charge is 0.384 e. The Balaban J connectivity index is 2.40. The number of benzene rings is 1. The van der Waals surface area contributed by atoms with Crippen LogP contribution < -0.4 is 5.73 Å². The van der Waals surface area contributed by atoms with Crippen molar-refractivity contribution in [3.63, 3.8) is 0 Å². The second-order valence-corrected chi connectivity index (χ2v) is 7.18. The van der Waals surface area contributed by atoms with Gasteiger partial charge in [0.1, 0.15) is 0 Å². The van der Waals surface area contributed by atoms with Crippen LogP contribution in [0.25, 0.3) is 0 Å². The Morgan fingerprint density at radius 1 is 1.33 bits per heavy atom. The number of nitrogens with two attached hydrogens (primary N) is 1. The molecule has 3 atom stereocenters. The number of hydrogen-bond acceptors (Lipinski definition) is 4. The second kappa shape index (κ2) is 4.64. The third kappa shape index (κ3) is 2.06. The maximum Gasteiger partial charge on any atom is 0.151 e. The Bertz CT molecular complexity index is 514. The molecule has 0 saturated heterocycles. The van der Waals surface area contributed by atoms with Crippen LogP contribution in [-0.2, 0) is 14.6 Å². The molecule has 0 amide bonds. The first-order valence-corrected chi connectivity index (χ1v) is 7.85. The minimum absolute atomic E-state index is 0.0568. The summed E-state index contributed by atoms with van der Waals surface area (Å²) in [5.74, 6) is -0.0568. The van der Waals surface area contributed by atoms with E-state index in [4.69, 9.17) is 10.5 Å². The van der Waals surface area contributed by atoms with Crippen molar-refractivity contribution in [3.05, 3.63) is 35.9 Å². The number of hydrogen-bond donors (Lipinski definition) is 1. The Hall–Kier alpha value is -0.910. The summed E-state index contributed by atoms with van der Waals surface area (Å²) < 4.78 is 29.0. The van der Waals surface area contributed by atoms with Crippen molar-refractivity contribution < 1.29 is 13.2 Å². The van der Waals surface area contributed by atoms with E-state index in [9.17, 15) is 8.42 Å². The van der Waals surface area contributed by atoms with E-state index in [1.807, 2.05) is 30.3 Å². The lowest BCUT2D eigenvalue weighted by Crippen LogP contribution is -2.28. The fraction of sp³-hybridized carbons (Fsp3) is 0.538. The Labute approximate surface area is 108 Å². The van der Waals surface area contributed by atoms with E-state index >= 15 is 0 Å². The predicted octanol–water partition coefficient (Wildman–Crippen LogP) is 0.789. The third-order valence-electron chi connectivity index (χ3n) is 3.79. The molecule has 1 saturated carbocycles. The first kappa shape index (κ1) is 13.5. The highest BCUT2D eigenvalue weighted by Crippen LogP contribution is 2.62. The van der Waals surface area contributed by atoms with Gasteiger partial charge in [-0.2, -0.15) is 0 Å². The smallest absolute Gasteiger partial charge is 0.151 e. The SMILES string of the molecule is COC[C@@]1(CN)[C@H](S(C)(=O)=O)[C@@H]1c1ccccc1. The maximum atomic E-state index is 11.9. The van der Waals surface area contributed by atoms with Gasteiger partial charge in [-0.15, -0.1) is 0 Å². The van der Waals surface area contributed by atoms with Gasteiger partial charge in [-0.25, -0.2) is 8.42 Å². The summed E-state index contributed by atoms with van der Waals surface area (Å²) in [4.78, 5) is 0. The van der Waals surface area contributed by atoms with Crippen LogP contribution in [0.2, 0.25) is 0 Å². The predicted molar refractivity (Wildman–Crippen MR) is 71.2 cm³/mol. The molecular formula is C13H19NO3S. The van der Waals surface area contributed by atoms with Crippen LogP contribution in [-0.4, -0.2) is 40.2 Å². The van der Waals surface area contributed by atoms with Gasteiger partial charge in [0, 0.05) is 31.2 Å². The molecule has 4 nitrogen and oxygen atoms in total. The van der Waals surface area contributed by atoms with Gasteiger partial charge in [-0.05, 0) is 5.56 Å².